The van der Waals surface area contributed by atoms with Crippen LogP contribution in [0.25, 0.3) is 0 Å². The van der Waals surface area contributed by atoms with Crippen LogP contribution in [0.5, 0.6) is 0 Å². The van der Waals surface area contributed by atoms with Gasteiger partial charge in [-0.2, -0.15) is 0 Å². The average Bonchev–Trinajstić information content (AvgIpc) is 2.26. The summed E-state index contributed by atoms with van der Waals surface area (Å²) in [5.41, 5.74) is 5.54. The highest BCUT2D eigenvalue weighted by Gasteiger charge is 2.21. The van der Waals surface area contributed by atoms with Crippen molar-refractivity contribution < 1.29 is 0 Å². The summed E-state index contributed by atoms with van der Waals surface area (Å²) in [6.07, 6.45) is 6.63. The van der Waals surface area contributed by atoms with Gasteiger partial charge in [0, 0.05) is 12.6 Å². The molecule has 2 nitrogen and oxygen atoms in total. The lowest BCUT2D eigenvalue weighted by atomic mass is 9.94. The monoisotopic (exact) mass is 198 g/mol. The molecule has 0 radical (unpaired) electrons. The van der Waals surface area contributed by atoms with Crippen molar-refractivity contribution >= 4 is 0 Å². The Labute approximate surface area is 88.8 Å². The Kier molecular flexibility index (Phi) is 5.49. The number of likely N-dealkylation sites (tertiary alicyclic amines) is 1. The van der Waals surface area contributed by atoms with Crippen LogP contribution in [-0.2, 0) is 0 Å². The van der Waals surface area contributed by atoms with Gasteiger partial charge in [0.1, 0.15) is 0 Å². The zero-order valence-electron chi connectivity index (χ0n) is 9.84. The Morgan fingerprint density at radius 2 is 2.29 bits per heavy atom. The number of nitrogens with zero attached hydrogens (tertiary/aromatic N) is 1. The smallest absolute Gasteiger partial charge is 0.00675 e. The van der Waals surface area contributed by atoms with Crippen LogP contribution in [0, 0.1) is 5.92 Å². The fourth-order valence-electron chi connectivity index (χ4n) is 2.43. The first kappa shape index (κ1) is 12.0. The fourth-order valence-corrected chi connectivity index (χ4v) is 2.43. The van der Waals surface area contributed by atoms with Gasteiger partial charge >= 0.3 is 0 Å². The van der Waals surface area contributed by atoms with Crippen molar-refractivity contribution in [2.45, 2.75) is 52.0 Å². The van der Waals surface area contributed by atoms with Crippen molar-refractivity contribution in [2.75, 3.05) is 19.6 Å². The molecule has 84 valence electrons. The summed E-state index contributed by atoms with van der Waals surface area (Å²) < 4.78 is 0. The largest absolute Gasteiger partial charge is 0.330 e. The Hall–Kier alpha value is -0.0800. The van der Waals surface area contributed by atoms with Gasteiger partial charge in [0.15, 0.2) is 0 Å². The fraction of sp³-hybridized carbons (Fsp3) is 1.00. The molecule has 14 heavy (non-hydrogen) atoms. The van der Waals surface area contributed by atoms with Crippen molar-refractivity contribution in [3.8, 4) is 0 Å². The topological polar surface area (TPSA) is 29.3 Å². The third kappa shape index (κ3) is 3.58. The van der Waals surface area contributed by atoms with Crippen LogP contribution in [-0.4, -0.2) is 30.6 Å². The number of rotatable bonds is 5. The van der Waals surface area contributed by atoms with E-state index < -0.39 is 0 Å². The molecule has 0 amide bonds. The van der Waals surface area contributed by atoms with E-state index in [1.807, 2.05) is 0 Å². The van der Waals surface area contributed by atoms with Gasteiger partial charge in [-0.15, -0.1) is 0 Å². The van der Waals surface area contributed by atoms with Crippen LogP contribution in [0.4, 0.5) is 0 Å². The van der Waals surface area contributed by atoms with E-state index in [-0.39, 0.29) is 0 Å². The molecule has 0 aromatic carbocycles. The van der Waals surface area contributed by atoms with E-state index in [0.29, 0.717) is 0 Å². The minimum Gasteiger partial charge on any atom is -0.330 e. The predicted molar refractivity (Wildman–Crippen MR) is 62.3 cm³/mol. The van der Waals surface area contributed by atoms with Crippen LogP contribution in [0.2, 0.25) is 0 Å². The molecule has 2 unspecified atom stereocenters. The van der Waals surface area contributed by atoms with Gasteiger partial charge in [-0.05, 0) is 51.6 Å². The standard InChI is InChI=1S/C12H26N2/c1-3-12-7-5-9-14(10-12)11(2)6-4-8-13/h11-12H,3-10,13H2,1-2H3. The molecule has 2 N–H and O–H groups in total. The molecule has 1 rings (SSSR count). The molecule has 1 aliphatic heterocycles. The van der Waals surface area contributed by atoms with Crippen LogP contribution < -0.4 is 5.73 Å². The molecule has 0 aromatic heterocycles. The zero-order chi connectivity index (χ0) is 10.4. The second-order valence-electron chi connectivity index (χ2n) is 4.69. The van der Waals surface area contributed by atoms with E-state index in [1.165, 1.54) is 45.2 Å². The molecule has 0 bridgehead atoms. The summed E-state index contributed by atoms with van der Waals surface area (Å²) in [5.74, 6) is 0.948. The quantitative estimate of drug-likeness (QED) is 0.734. The zero-order valence-corrected chi connectivity index (χ0v) is 9.84. The molecule has 1 heterocycles. The van der Waals surface area contributed by atoms with Crippen molar-refractivity contribution in [3.05, 3.63) is 0 Å². The van der Waals surface area contributed by atoms with Crippen LogP contribution in [0.1, 0.15) is 46.0 Å². The maximum Gasteiger partial charge on any atom is 0.00675 e. The van der Waals surface area contributed by atoms with Crippen LogP contribution >= 0.6 is 0 Å². The highest BCUT2D eigenvalue weighted by atomic mass is 15.2. The Morgan fingerprint density at radius 1 is 1.50 bits per heavy atom. The van der Waals surface area contributed by atoms with Crippen molar-refractivity contribution in [3.63, 3.8) is 0 Å². The molecule has 2 atom stereocenters. The van der Waals surface area contributed by atoms with Gasteiger partial charge in [0.25, 0.3) is 0 Å². The summed E-state index contributed by atoms with van der Waals surface area (Å²) >= 11 is 0. The van der Waals surface area contributed by atoms with Gasteiger partial charge in [-0.1, -0.05) is 13.3 Å². The van der Waals surface area contributed by atoms with E-state index in [2.05, 4.69) is 18.7 Å². The molecule has 1 fully saturated rings. The normalized spacial score (nSPS) is 26.4. The number of hydrogen-bond donors (Lipinski definition) is 1. The summed E-state index contributed by atoms with van der Waals surface area (Å²) in [5, 5.41) is 0. The van der Waals surface area contributed by atoms with Crippen molar-refractivity contribution in [1.29, 1.82) is 0 Å². The van der Waals surface area contributed by atoms with Crippen LogP contribution in [0.3, 0.4) is 0 Å². The first-order chi connectivity index (χ1) is 6.77. The number of nitrogens with two attached hydrogens (primary N) is 1. The molecule has 0 aliphatic carbocycles. The van der Waals surface area contributed by atoms with E-state index in [9.17, 15) is 0 Å². The Bertz CT molecular complexity index is 147. The lowest BCUT2D eigenvalue weighted by molar-refractivity contribution is 0.123. The van der Waals surface area contributed by atoms with Crippen molar-refractivity contribution in [2.24, 2.45) is 11.7 Å². The van der Waals surface area contributed by atoms with Gasteiger partial charge < -0.3 is 10.6 Å². The van der Waals surface area contributed by atoms with Gasteiger partial charge in [0.2, 0.25) is 0 Å². The lowest BCUT2D eigenvalue weighted by Crippen LogP contribution is -2.41. The molecule has 2 heteroatoms. The highest BCUT2D eigenvalue weighted by Crippen LogP contribution is 2.21. The summed E-state index contributed by atoms with van der Waals surface area (Å²) in [4.78, 5) is 2.66. The second-order valence-corrected chi connectivity index (χ2v) is 4.69. The van der Waals surface area contributed by atoms with Crippen molar-refractivity contribution in [1.82, 2.24) is 4.90 Å². The number of hydrogen-bond acceptors (Lipinski definition) is 2. The van der Waals surface area contributed by atoms with Gasteiger partial charge in [-0.3, -0.25) is 0 Å². The molecule has 1 saturated heterocycles. The van der Waals surface area contributed by atoms with E-state index in [1.54, 1.807) is 0 Å². The third-order valence-corrected chi connectivity index (χ3v) is 3.58. The third-order valence-electron chi connectivity index (χ3n) is 3.58. The first-order valence-electron chi connectivity index (χ1n) is 6.22. The second kappa shape index (κ2) is 6.41. The average molecular weight is 198 g/mol. The highest BCUT2D eigenvalue weighted by molar-refractivity contribution is 4.76. The summed E-state index contributed by atoms with van der Waals surface area (Å²) in [6.45, 7) is 8.15. The summed E-state index contributed by atoms with van der Waals surface area (Å²) in [6, 6.07) is 0.743. The molecular formula is C12H26N2. The molecule has 1 aliphatic rings. The SMILES string of the molecule is CCC1CCCN(C(C)CCCN)C1. The van der Waals surface area contributed by atoms with E-state index in [4.69, 9.17) is 5.73 Å². The van der Waals surface area contributed by atoms with Gasteiger partial charge in [0.05, 0.1) is 0 Å². The first-order valence-corrected chi connectivity index (χ1v) is 6.22. The minimum atomic E-state index is 0.743. The number of piperidine rings is 1. The molecule has 0 spiro atoms. The van der Waals surface area contributed by atoms with Gasteiger partial charge in [-0.25, -0.2) is 0 Å². The lowest BCUT2D eigenvalue weighted by Gasteiger charge is -2.36. The van der Waals surface area contributed by atoms with Crippen LogP contribution in [0.15, 0.2) is 0 Å². The van der Waals surface area contributed by atoms with E-state index in [0.717, 1.165) is 18.5 Å². The molecular weight excluding hydrogens is 172 g/mol. The van der Waals surface area contributed by atoms with E-state index >= 15 is 0 Å². The Morgan fingerprint density at radius 3 is 2.93 bits per heavy atom. The molecule has 0 aromatic rings. The Balaban J connectivity index is 2.27. The predicted octanol–water partition coefficient (Wildman–Crippen LogP) is 2.24. The minimum absolute atomic E-state index is 0.743. The summed E-state index contributed by atoms with van der Waals surface area (Å²) in [7, 11) is 0. The molecule has 0 saturated carbocycles. The maximum atomic E-state index is 5.54. The maximum absolute atomic E-state index is 5.54.